The van der Waals surface area contributed by atoms with Crippen molar-refractivity contribution < 1.29 is 9.53 Å². The lowest BCUT2D eigenvalue weighted by molar-refractivity contribution is -0.141. The predicted molar refractivity (Wildman–Crippen MR) is 66.6 cm³/mol. The zero-order valence-corrected chi connectivity index (χ0v) is 10.8. The van der Waals surface area contributed by atoms with Crippen LogP contribution in [0.15, 0.2) is 0 Å². The molecule has 0 atom stereocenters. The zero-order chi connectivity index (χ0) is 11.4. The Morgan fingerprint density at radius 2 is 2.25 bits per heavy atom. The van der Waals surface area contributed by atoms with E-state index in [1.807, 2.05) is 11.8 Å². The summed E-state index contributed by atoms with van der Waals surface area (Å²) in [4.78, 5) is 11.2. The van der Waals surface area contributed by atoms with E-state index in [2.05, 4.69) is 5.32 Å². The van der Waals surface area contributed by atoms with E-state index < -0.39 is 0 Å². The molecule has 1 N–H and O–H groups in total. The van der Waals surface area contributed by atoms with Crippen molar-refractivity contribution >= 4 is 17.7 Å². The second-order valence-electron chi connectivity index (χ2n) is 5.12. The number of ether oxygens (including phenoxy) is 1. The Morgan fingerprint density at radius 1 is 1.50 bits per heavy atom. The number of esters is 1. The van der Waals surface area contributed by atoms with E-state index in [-0.39, 0.29) is 5.97 Å². The van der Waals surface area contributed by atoms with Crippen LogP contribution in [0.5, 0.6) is 0 Å². The summed E-state index contributed by atoms with van der Waals surface area (Å²) in [5, 5.41) is 3.29. The summed E-state index contributed by atoms with van der Waals surface area (Å²) in [6.07, 6.45) is 4.37. The Bertz CT molecular complexity index is 249. The number of hydrogen-bond donors (Lipinski definition) is 1. The maximum absolute atomic E-state index is 11.2. The molecule has 1 aliphatic carbocycles. The van der Waals surface area contributed by atoms with Crippen LogP contribution in [0, 0.1) is 11.3 Å². The van der Waals surface area contributed by atoms with Gasteiger partial charge in [0, 0.05) is 0 Å². The lowest BCUT2D eigenvalue weighted by Crippen LogP contribution is -2.42. The molecule has 0 spiro atoms. The van der Waals surface area contributed by atoms with Crippen LogP contribution in [0.4, 0.5) is 0 Å². The monoisotopic (exact) mass is 243 g/mol. The number of hydrogen-bond acceptors (Lipinski definition) is 4. The molecule has 0 unspecified atom stereocenters. The van der Waals surface area contributed by atoms with Crippen LogP contribution in [0.3, 0.4) is 0 Å². The highest BCUT2D eigenvalue weighted by atomic mass is 32.2. The van der Waals surface area contributed by atoms with Gasteiger partial charge in [0.25, 0.3) is 0 Å². The minimum atomic E-state index is -0.0405. The van der Waals surface area contributed by atoms with Crippen molar-refractivity contribution in [3.05, 3.63) is 0 Å². The summed E-state index contributed by atoms with van der Waals surface area (Å²) < 4.78 is 4.74. The molecule has 3 nitrogen and oxygen atoms in total. The van der Waals surface area contributed by atoms with Gasteiger partial charge < -0.3 is 10.1 Å². The fourth-order valence-corrected chi connectivity index (χ4v) is 3.49. The fraction of sp³-hybridized carbons (Fsp3) is 0.917. The maximum Gasteiger partial charge on any atom is 0.306 e. The molecular formula is C12H21NO2S. The predicted octanol–water partition coefficient (Wildman–Crippen LogP) is 1.67. The van der Waals surface area contributed by atoms with E-state index in [0.29, 0.717) is 11.8 Å². The number of thioether (sulfide) groups is 1. The average Bonchev–Trinajstić information content (AvgIpc) is 2.95. The molecule has 4 heteroatoms. The van der Waals surface area contributed by atoms with Crippen molar-refractivity contribution in [1.29, 1.82) is 0 Å². The molecule has 1 saturated carbocycles. The number of methoxy groups -OCH3 is 1. The van der Waals surface area contributed by atoms with Crippen molar-refractivity contribution in [2.45, 2.75) is 25.7 Å². The summed E-state index contributed by atoms with van der Waals surface area (Å²) in [7, 11) is 1.48. The third-order valence-corrected chi connectivity index (χ3v) is 4.99. The summed E-state index contributed by atoms with van der Waals surface area (Å²) in [5.74, 6) is 3.25. The van der Waals surface area contributed by atoms with Gasteiger partial charge in [-0.25, -0.2) is 0 Å². The molecule has 2 aliphatic rings. The largest absolute Gasteiger partial charge is 0.469 e. The number of rotatable bonds is 7. The fourth-order valence-electron chi connectivity index (χ4n) is 2.02. The highest BCUT2D eigenvalue weighted by molar-refractivity contribution is 7.99. The van der Waals surface area contributed by atoms with Gasteiger partial charge in [0.1, 0.15) is 0 Å². The van der Waals surface area contributed by atoms with Gasteiger partial charge >= 0.3 is 5.97 Å². The van der Waals surface area contributed by atoms with E-state index in [9.17, 15) is 4.79 Å². The minimum Gasteiger partial charge on any atom is -0.469 e. The van der Waals surface area contributed by atoms with Crippen molar-refractivity contribution in [3.8, 4) is 0 Å². The molecule has 2 fully saturated rings. The van der Waals surface area contributed by atoms with E-state index in [4.69, 9.17) is 4.74 Å². The molecular weight excluding hydrogens is 222 g/mol. The molecule has 0 amide bonds. The van der Waals surface area contributed by atoms with Crippen LogP contribution in [0.2, 0.25) is 0 Å². The molecule has 0 aromatic carbocycles. The Hall–Kier alpha value is -0.220. The normalized spacial score (nSPS) is 22.6. The van der Waals surface area contributed by atoms with Crippen molar-refractivity contribution in [3.63, 3.8) is 0 Å². The van der Waals surface area contributed by atoms with E-state index >= 15 is 0 Å². The van der Waals surface area contributed by atoms with Gasteiger partial charge in [0.2, 0.25) is 0 Å². The maximum atomic E-state index is 11.2. The molecule has 0 aromatic heterocycles. The molecule has 16 heavy (non-hydrogen) atoms. The highest BCUT2D eigenvalue weighted by Gasteiger charge is 2.44. The quantitative estimate of drug-likeness (QED) is 0.545. The molecule has 1 aliphatic heterocycles. The van der Waals surface area contributed by atoms with Crippen LogP contribution in [-0.2, 0) is 9.53 Å². The Balaban J connectivity index is 1.56. The summed E-state index contributed by atoms with van der Waals surface area (Å²) in [5.41, 5.74) is 0.301. The van der Waals surface area contributed by atoms with Gasteiger partial charge in [-0.15, -0.1) is 0 Å². The first-order chi connectivity index (χ1) is 7.74. The lowest BCUT2D eigenvalue weighted by atomic mass is 10.0. The van der Waals surface area contributed by atoms with Gasteiger partial charge in [-0.1, -0.05) is 0 Å². The third kappa shape index (κ3) is 3.39. The minimum absolute atomic E-state index is 0.0405. The van der Waals surface area contributed by atoms with Crippen LogP contribution in [0.25, 0.3) is 0 Å². The van der Waals surface area contributed by atoms with Crippen LogP contribution in [-0.4, -0.2) is 37.7 Å². The summed E-state index contributed by atoms with van der Waals surface area (Å²) in [6.45, 7) is 2.40. The van der Waals surface area contributed by atoms with Gasteiger partial charge in [-0.3, -0.25) is 4.79 Å². The smallest absolute Gasteiger partial charge is 0.306 e. The van der Waals surface area contributed by atoms with Crippen LogP contribution in [0.1, 0.15) is 25.7 Å². The molecule has 1 saturated heterocycles. The molecule has 0 aromatic rings. The van der Waals surface area contributed by atoms with Gasteiger partial charge in [-0.2, -0.15) is 11.8 Å². The van der Waals surface area contributed by atoms with Gasteiger partial charge in [0.05, 0.1) is 13.5 Å². The highest BCUT2D eigenvalue weighted by Crippen LogP contribution is 2.51. The molecule has 0 radical (unpaired) electrons. The molecule has 0 bridgehead atoms. The molecule has 2 rings (SSSR count). The summed E-state index contributed by atoms with van der Waals surface area (Å²) in [6, 6.07) is 0. The van der Waals surface area contributed by atoms with Gasteiger partial charge in [-0.05, 0) is 55.2 Å². The van der Waals surface area contributed by atoms with E-state index in [0.717, 1.165) is 11.7 Å². The van der Waals surface area contributed by atoms with E-state index in [1.54, 1.807) is 0 Å². The first kappa shape index (κ1) is 12.2. The number of carbonyl (C=O) groups excluding carboxylic acids is 1. The van der Waals surface area contributed by atoms with Gasteiger partial charge in [0.15, 0.2) is 0 Å². The Kier molecular flexibility index (Phi) is 4.14. The molecule has 92 valence electrons. The number of nitrogens with one attached hydrogen (secondary N) is 1. The lowest BCUT2D eigenvalue weighted by Gasteiger charge is -2.27. The SMILES string of the molecule is COC(=O)CC1(CSCCC2CNC2)CC1. The Morgan fingerprint density at radius 3 is 2.75 bits per heavy atom. The first-order valence-electron chi connectivity index (χ1n) is 6.09. The first-order valence-corrected chi connectivity index (χ1v) is 7.25. The number of carbonyl (C=O) groups is 1. The topological polar surface area (TPSA) is 38.3 Å². The zero-order valence-electron chi connectivity index (χ0n) is 9.96. The van der Waals surface area contributed by atoms with Crippen molar-refractivity contribution in [2.75, 3.05) is 31.7 Å². The second kappa shape index (κ2) is 5.41. The van der Waals surface area contributed by atoms with Crippen molar-refractivity contribution in [1.82, 2.24) is 5.32 Å². The van der Waals surface area contributed by atoms with Crippen LogP contribution < -0.4 is 5.32 Å². The average molecular weight is 243 g/mol. The molecule has 1 heterocycles. The van der Waals surface area contributed by atoms with Crippen LogP contribution >= 0.6 is 11.8 Å². The second-order valence-corrected chi connectivity index (χ2v) is 6.22. The summed E-state index contributed by atoms with van der Waals surface area (Å²) >= 11 is 2.02. The standard InChI is InChI=1S/C12H21NO2S/c1-15-11(14)6-12(3-4-12)9-16-5-2-10-7-13-8-10/h10,13H,2-9H2,1H3. The van der Waals surface area contributed by atoms with E-state index in [1.165, 1.54) is 45.2 Å². The van der Waals surface area contributed by atoms with Crippen molar-refractivity contribution in [2.24, 2.45) is 11.3 Å². The third-order valence-electron chi connectivity index (χ3n) is 3.65. The Labute approximate surface area is 102 Å².